The lowest BCUT2D eigenvalue weighted by Crippen LogP contribution is -2.00. The van der Waals surface area contributed by atoms with Crippen molar-refractivity contribution in [2.75, 3.05) is 13.7 Å². The Balaban J connectivity index is 1.56. The molecule has 0 aliphatic carbocycles. The van der Waals surface area contributed by atoms with Crippen molar-refractivity contribution >= 4 is 23.4 Å². The predicted octanol–water partition coefficient (Wildman–Crippen LogP) is 4.57. The topological polar surface area (TPSA) is 70.8 Å². The minimum atomic E-state index is -0.469. The van der Waals surface area contributed by atoms with Crippen LogP contribution in [0.2, 0.25) is 0 Å². The van der Waals surface area contributed by atoms with E-state index < -0.39 is 5.97 Å². The van der Waals surface area contributed by atoms with Gasteiger partial charge in [0.2, 0.25) is 0 Å². The molecule has 0 fully saturated rings. The third kappa shape index (κ3) is 4.98. The molecule has 0 saturated heterocycles. The monoisotopic (exact) mass is 385 g/mol. The number of ether oxygens (including phenoxy) is 3. The molecule has 0 unspecified atom stereocenters. The highest BCUT2D eigenvalue weighted by Gasteiger charge is 2.09. The minimum absolute atomic E-state index is 0.0463. The molecule has 7 heteroatoms. The Bertz CT molecular complexity index is 914. The molecule has 3 aromatic rings. The van der Waals surface area contributed by atoms with Gasteiger partial charge in [-0.15, -0.1) is 11.3 Å². The first-order valence-corrected chi connectivity index (χ1v) is 9.22. The van der Waals surface area contributed by atoms with Gasteiger partial charge in [0.15, 0.2) is 17.3 Å². The molecule has 0 radical (unpaired) electrons. The van der Waals surface area contributed by atoms with Gasteiger partial charge >= 0.3 is 5.97 Å². The van der Waals surface area contributed by atoms with Crippen LogP contribution in [0.1, 0.15) is 18.2 Å². The number of esters is 1. The second-order valence-electron chi connectivity index (χ2n) is 5.44. The van der Waals surface area contributed by atoms with Crippen LogP contribution < -0.4 is 9.47 Å². The number of nitrogens with zero attached hydrogens (tertiary/aromatic N) is 1. The van der Waals surface area contributed by atoms with E-state index in [1.165, 1.54) is 6.08 Å². The van der Waals surface area contributed by atoms with Crippen LogP contribution in [-0.2, 0) is 16.1 Å². The molecule has 0 atom stereocenters. The smallest absolute Gasteiger partial charge is 0.331 e. The molecule has 1 aromatic carbocycles. The van der Waals surface area contributed by atoms with Gasteiger partial charge in [-0.05, 0) is 42.1 Å². The Kier molecular flexibility index (Phi) is 6.27. The first-order valence-electron chi connectivity index (χ1n) is 8.34. The number of aromatic nitrogens is 1. The van der Waals surface area contributed by atoms with Crippen molar-refractivity contribution < 1.29 is 23.5 Å². The number of hydrogen-bond donors (Lipinski definition) is 0. The van der Waals surface area contributed by atoms with E-state index in [9.17, 15) is 4.79 Å². The van der Waals surface area contributed by atoms with Crippen LogP contribution in [0.3, 0.4) is 0 Å². The SMILES string of the molecule is CCOc1ccc(/C=C/C(=O)OCc2cc(-c3cccs3)on2)cc1OC. The summed E-state index contributed by atoms with van der Waals surface area (Å²) < 4.78 is 21.2. The van der Waals surface area contributed by atoms with Crippen molar-refractivity contribution in [2.45, 2.75) is 13.5 Å². The predicted molar refractivity (Wildman–Crippen MR) is 103 cm³/mol. The summed E-state index contributed by atoms with van der Waals surface area (Å²) in [5.74, 6) is 1.46. The summed E-state index contributed by atoms with van der Waals surface area (Å²) in [4.78, 5) is 12.9. The van der Waals surface area contributed by atoms with E-state index in [1.54, 1.807) is 42.7 Å². The highest BCUT2D eigenvalue weighted by atomic mass is 32.1. The zero-order valence-corrected chi connectivity index (χ0v) is 15.8. The number of rotatable bonds is 8. The molecule has 0 aliphatic rings. The summed E-state index contributed by atoms with van der Waals surface area (Å²) in [6.07, 6.45) is 3.01. The summed E-state index contributed by atoms with van der Waals surface area (Å²) in [5, 5.41) is 5.87. The quantitative estimate of drug-likeness (QED) is 0.418. The van der Waals surface area contributed by atoms with Gasteiger partial charge in [0.05, 0.1) is 18.6 Å². The van der Waals surface area contributed by atoms with Crippen LogP contribution in [0, 0.1) is 0 Å². The first kappa shape index (κ1) is 18.7. The average molecular weight is 385 g/mol. The lowest BCUT2D eigenvalue weighted by atomic mass is 10.2. The van der Waals surface area contributed by atoms with Crippen LogP contribution in [0.5, 0.6) is 11.5 Å². The zero-order valence-electron chi connectivity index (χ0n) is 15.0. The maximum Gasteiger partial charge on any atom is 0.331 e. The van der Waals surface area contributed by atoms with Gasteiger partial charge in [0, 0.05) is 12.1 Å². The Morgan fingerprint density at radius 2 is 2.15 bits per heavy atom. The molecule has 0 saturated carbocycles. The highest BCUT2D eigenvalue weighted by molar-refractivity contribution is 7.13. The summed E-state index contributed by atoms with van der Waals surface area (Å²) in [6, 6.07) is 11.1. The molecule has 2 aromatic heterocycles. The third-order valence-corrected chi connectivity index (χ3v) is 4.47. The van der Waals surface area contributed by atoms with Gasteiger partial charge in [-0.25, -0.2) is 4.79 Å². The number of hydrogen-bond acceptors (Lipinski definition) is 7. The van der Waals surface area contributed by atoms with E-state index in [2.05, 4.69) is 5.16 Å². The second kappa shape index (κ2) is 9.05. The van der Waals surface area contributed by atoms with Crippen molar-refractivity contribution in [1.29, 1.82) is 0 Å². The molecule has 6 nitrogen and oxygen atoms in total. The van der Waals surface area contributed by atoms with E-state index >= 15 is 0 Å². The average Bonchev–Trinajstić information content (AvgIpc) is 3.37. The third-order valence-electron chi connectivity index (χ3n) is 3.58. The van der Waals surface area contributed by atoms with Crippen molar-refractivity contribution in [3.8, 4) is 22.1 Å². The molecule has 0 N–H and O–H groups in total. The van der Waals surface area contributed by atoms with E-state index in [4.69, 9.17) is 18.7 Å². The maximum atomic E-state index is 11.9. The summed E-state index contributed by atoms with van der Waals surface area (Å²) in [7, 11) is 1.57. The second-order valence-corrected chi connectivity index (χ2v) is 6.39. The fraction of sp³-hybridized carbons (Fsp3) is 0.200. The summed E-state index contributed by atoms with van der Waals surface area (Å²) in [6.45, 7) is 2.50. The van der Waals surface area contributed by atoms with Crippen LogP contribution in [0.15, 0.2) is 52.4 Å². The Morgan fingerprint density at radius 1 is 1.26 bits per heavy atom. The van der Waals surface area contributed by atoms with Gasteiger partial charge in [-0.1, -0.05) is 17.3 Å². The van der Waals surface area contributed by atoms with Crippen LogP contribution >= 0.6 is 11.3 Å². The van der Waals surface area contributed by atoms with E-state index in [0.29, 0.717) is 29.6 Å². The largest absolute Gasteiger partial charge is 0.493 e. The van der Waals surface area contributed by atoms with Crippen molar-refractivity contribution in [2.24, 2.45) is 0 Å². The Hall–Kier alpha value is -3.06. The lowest BCUT2D eigenvalue weighted by molar-refractivity contribution is -0.139. The van der Waals surface area contributed by atoms with E-state index in [1.807, 2.05) is 30.5 Å². The molecular formula is C20H19NO5S. The molecule has 0 spiro atoms. The van der Waals surface area contributed by atoms with Gasteiger partial charge in [-0.3, -0.25) is 0 Å². The van der Waals surface area contributed by atoms with Crippen molar-refractivity contribution in [1.82, 2.24) is 5.16 Å². The Morgan fingerprint density at radius 3 is 2.89 bits per heavy atom. The van der Waals surface area contributed by atoms with Crippen LogP contribution in [0.25, 0.3) is 16.7 Å². The lowest BCUT2D eigenvalue weighted by Gasteiger charge is -2.09. The minimum Gasteiger partial charge on any atom is -0.493 e. The fourth-order valence-electron chi connectivity index (χ4n) is 2.33. The number of thiophene rings is 1. The fourth-order valence-corrected chi connectivity index (χ4v) is 3.01. The van der Waals surface area contributed by atoms with Gasteiger partial charge < -0.3 is 18.7 Å². The van der Waals surface area contributed by atoms with Gasteiger partial charge in [0.25, 0.3) is 0 Å². The maximum absolute atomic E-state index is 11.9. The number of methoxy groups -OCH3 is 1. The van der Waals surface area contributed by atoms with Crippen LogP contribution in [-0.4, -0.2) is 24.8 Å². The summed E-state index contributed by atoms with van der Waals surface area (Å²) in [5.41, 5.74) is 1.36. The number of benzene rings is 1. The normalized spacial score (nSPS) is 10.9. The molecule has 0 aliphatic heterocycles. The highest BCUT2D eigenvalue weighted by Crippen LogP contribution is 2.28. The molecule has 140 valence electrons. The van der Waals surface area contributed by atoms with E-state index in [-0.39, 0.29) is 6.61 Å². The molecule has 3 rings (SSSR count). The van der Waals surface area contributed by atoms with E-state index in [0.717, 1.165) is 10.4 Å². The molecule has 27 heavy (non-hydrogen) atoms. The molecular weight excluding hydrogens is 366 g/mol. The van der Waals surface area contributed by atoms with Gasteiger partial charge in [0.1, 0.15) is 12.3 Å². The zero-order chi connectivity index (χ0) is 19.1. The molecule has 0 amide bonds. The Labute approximate surface area is 161 Å². The van der Waals surface area contributed by atoms with Crippen LogP contribution in [0.4, 0.5) is 0 Å². The van der Waals surface area contributed by atoms with Gasteiger partial charge in [-0.2, -0.15) is 0 Å². The summed E-state index contributed by atoms with van der Waals surface area (Å²) >= 11 is 1.55. The number of carbonyl (C=O) groups is 1. The standard InChI is InChI=1S/C20H19NO5S/c1-3-24-16-8-6-14(11-17(16)23-2)7-9-20(22)25-13-15-12-18(26-21-15)19-5-4-10-27-19/h4-12H,3,13H2,1-2H3/b9-7+. The number of carbonyl (C=O) groups excluding carboxylic acids is 1. The molecule has 0 bridgehead atoms. The van der Waals surface area contributed by atoms with Crippen molar-refractivity contribution in [3.63, 3.8) is 0 Å². The van der Waals surface area contributed by atoms with Crippen molar-refractivity contribution in [3.05, 3.63) is 59.1 Å². The molecule has 2 heterocycles. The first-order chi connectivity index (χ1) is 13.2.